The Hall–Kier alpha value is -0.630. The van der Waals surface area contributed by atoms with Crippen molar-refractivity contribution in [1.29, 1.82) is 0 Å². The van der Waals surface area contributed by atoms with E-state index in [1.54, 1.807) is 13.8 Å². The maximum Gasteiger partial charge on any atom is 0.322 e. The van der Waals surface area contributed by atoms with Crippen molar-refractivity contribution >= 4 is 43.5 Å². The highest BCUT2D eigenvalue weighted by molar-refractivity contribution is 9.10. The van der Waals surface area contributed by atoms with Gasteiger partial charge in [0.15, 0.2) is 0 Å². The van der Waals surface area contributed by atoms with Crippen molar-refractivity contribution in [3.8, 4) is 0 Å². The molecule has 2 N–H and O–H groups in total. The van der Waals surface area contributed by atoms with E-state index in [9.17, 15) is 13.2 Å². The minimum atomic E-state index is -3.98. The molecular weight excluding hydrogens is 358 g/mol. The lowest BCUT2D eigenvalue weighted by Gasteiger charge is -2.18. The number of carbonyl (C=O) groups is 1. The highest BCUT2D eigenvalue weighted by Crippen LogP contribution is 2.25. The summed E-state index contributed by atoms with van der Waals surface area (Å²) in [5.41, 5.74) is 0. The van der Waals surface area contributed by atoms with Crippen molar-refractivity contribution in [2.45, 2.75) is 24.8 Å². The molecule has 0 radical (unpaired) electrons. The summed E-state index contributed by atoms with van der Waals surface area (Å²) < 4.78 is 27.0. The standard InChI is InChI=1S/C11H13BrClNO4S/c1-6(2)10(11(15)16)14-19(17,18)9-4-3-7(12)5-8(9)13/h3-6,10,14H,1-2H3,(H,15,16)/t10-/m1/s1. The van der Waals surface area contributed by atoms with Gasteiger partial charge in [-0.2, -0.15) is 4.72 Å². The fraction of sp³-hybridized carbons (Fsp3) is 0.364. The number of rotatable bonds is 5. The highest BCUT2D eigenvalue weighted by Gasteiger charge is 2.29. The first kappa shape index (κ1) is 16.4. The summed E-state index contributed by atoms with van der Waals surface area (Å²) in [4.78, 5) is 10.9. The van der Waals surface area contributed by atoms with Gasteiger partial charge in [-0.25, -0.2) is 8.42 Å². The second kappa shape index (κ2) is 6.21. The molecule has 1 atom stereocenters. The van der Waals surface area contributed by atoms with E-state index in [1.165, 1.54) is 18.2 Å². The van der Waals surface area contributed by atoms with Gasteiger partial charge in [-0.05, 0) is 24.1 Å². The normalized spacial score (nSPS) is 13.5. The van der Waals surface area contributed by atoms with Gasteiger partial charge in [-0.3, -0.25) is 4.79 Å². The second-order valence-corrected chi connectivity index (χ2v) is 7.26. The van der Waals surface area contributed by atoms with E-state index in [0.29, 0.717) is 4.47 Å². The first-order valence-electron chi connectivity index (χ1n) is 5.35. The summed E-state index contributed by atoms with van der Waals surface area (Å²) >= 11 is 9.03. The van der Waals surface area contributed by atoms with E-state index < -0.39 is 22.0 Å². The van der Waals surface area contributed by atoms with Crippen LogP contribution in [0.15, 0.2) is 27.6 Å². The van der Waals surface area contributed by atoms with Gasteiger partial charge in [0.05, 0.1) is 5.02 Å². The maximum atomic E-state index is 12.1. The molecule has 0 amide bonds. The van der Waals surface area contributed by atoms with Gasteiger partial charge in [-0.15, -0.1) is 0 Å². The Labute approximate surface area is 125 Å². The van der Waals surface area contributed by atoms with Crippen LogP contribution in [0.3, 0.4) is 0 Å². The minimum Gasteiger partial charge on any atom is -0.480 e. The van der Waals surface area contributed by atoms with E-state index in [2.05, 4.69) is 20.7 Å². The number of nitrogens with one attached hydrogen (secondary N) is 1. The van der Waals surface area contributed by atoms with Crippen molar-refractivity contribution in [3.63, 3.8) is 0 Å². The van der Waals surface area contributed by atoms with Crippen LogP contribution in [-0.4, -0.2) is 25.5 Å². The van der Waals surface area contributed by atoms with E-state index >= 15 is 0 Å². The molecule has 0 aliphatic heterocycles. The number of carboxylic acid groups (broad SMARTS) is 1. The molecule has 19 heavy (non-hydrogen) atoms. The van der Waals surface area contributed by atoms with Crippen LogP contribution in [0.25, 0.3) is 0 Å². The van der Waals surface area contributed by atoms with Gasteiger partial charge < -0.3 is 5.11 Å². The number of hydrogen-bond donors (Lipinski definition) is 2. The van der Waals surface area contributed by atoms with Crippen molar-refractivity contribution in [3.05, 3.63) is 27.7 Å². The zero-order valence-electron chi connectivity index (χ0n) is 10.2. The molecule has 0 aromatic heterocycles. The van der Waals surface area contributed by atoms with Crippen molar-refractivity contribution < 1.29 is 18.3 Å². The molecule has 1 aromatic carbocycles. The summed E-state index contributed by atoms with van der Waals surface area (Å²) in [5.74, 6) is -1.62. The van der Waals surface area contributed by atoms with Crippen LogP contribution < -0.4 is 4.72 Å². The van der Waals surface area contributed by atoms with Crippen LogP contribution in [0.4, 0.5) is 0 Å². The highest BCUT2D eigenvalue weighted by atomic mass is 79.9. The van der Waals surface area contributed by atoms with Gasteiger partial charge in [0, 0.05) is 4.47 Å². The molecule has 1 aromatic rings. The second-order valence-electron chi connectivity index (χ2n) is 4.26. The third kappa shape index (κ3) is 4.17. The quantitative estimate of drug-likeness (QED) is 0.834. The van der Waals surface area contributed by atoms with Crippen LogP contribution in [0.2, 0.25) is 5.02 Å². The van der Waals surface area contributed by atoms with Gasteiger partial charge in [0.1, 0.15) is 10.9 Å². The number of carboxylic acids is 1. The van der Waals surface area contributed by atoms with Crippen LogP contribution in [0.5, 0.6) is 0 Å². The van der Waals surface area contributed by atoms with Crippen molar-refractivity contribution in [1.82, 2.24) is 4.72 Å². The first-order chi connectivity index (χ1) is 8.65. The van der Waals surface area contributed by atoms with E-state index in [-0.39, 0.29) is 15.8 Å². The molecule has 0 fully saturated rings. The van der Waals surface area contributed by atoms with E-state index in [1.807, 2.05) is 0 Å². The molecule has 0 unspecified atom stereocenters. The topological polar surface area (TPSA) is 83.5 Å². The molecule has 0 saturated carbocycles. The van der Waals surface area contributed by atoms with Gasteiger partial charge in [-0.1, -0.05) is 41.4 Å². The fourth-order valence-electron chi connectivity index (χ4n) is 1.40. The first-order valence-corrected chi connectivity index (χ1v) is 8.00. The van der Waals surface area contributed by atoms with E-state index in [4.69, 9.17) is 16.7 Å². The molecule has 0 spiro atoms. The number of hydrogen-bond acceptors (Lipinski definition) is 3. The maximum absolute atomic E-state index is 12.1. The Kier molecular flexibility index (Phi) is 5.37. The van der Waals surface area contributed by atoms with Crippen molar-refractivity contribution in [2.24, 2.45) is 5.92 Å². The Bertz CT molecular complexity index is 588. The lowest BCUT2D eigenvalue weighted by Crippen LogP contribution is -2.44. The molecular formula is C11H13BrClNO4S. The molecule has 0 saturated heterocycles. The summed E-state index contributed by atoms with van der Waals surface area (Å²) in [5, 5.41) is 9.02. The number of halogens is 2. The smallest absolute Gasteiger partial charge is 0.322 e. The molecule has 0 bridgehead atoms. The zero-order valence-corrected chi connectivity index (χ0v) is 13.4. The Morgan fingerprint density at radius 1 is 1.42 bits per heavy atom. The lowest BCUT2D eigenvalue weighted by atomic mass is 10.1. The third-order valence-electron chi connectivity index (χ3n) is 2.40. The fourth-order valence-corrected chi connectivity index (χ4v) is 3.77. The molecule has 8 heteroatoms. The van der Waals surface area contributed by atoms with E-state index in [0.717, 1.165) is 0 Å². The van der Waals surface area contributed by atoms with Gasteiger partial charge >= 0.3 is 5.97 Å². The average molecular weight is 371 g/mol. The largest absolute Gasteiger partial charge is 0.480 e. The van der Waals surface area contributed by atoms with Crippen LogP contribution in [-0.2, 0) is 14.8 Å². The summed E-state index contributed by atoms with van der Waals surface area (Å²) in [6.07, 6.45) is 0. The summed E-state index contributed by atoms with van der Waals surface area (Å²) in [6, 6.07) is 3.06. The molecule has 0 heterocycles. The lowest BCUT2D eigenvalue weighted by molar-refractivity contribution is -0.140. The predicted octanol–water partition coefficient (Wildman–Crippen LogP) is 2.49. The minimum absolute atomic E-state index is 0.0229. The van der Waals surface area contributed by atoms with Gasteiger partial charge in [0.2, 0.25) is 10.0 Å². The average Bonchev–Trinajstić information content (AvgIpc) is 2.24. The Balaban J connectivity index is 3.14. The number of sulfonamides is 1. The Morgan fingerprint density at radius 2 is 2.00 bits per heavy atom. The summed E-state index contributed by atoms with van der Waals surface area (Å²) in [7, 11) is -3.98. The predicted molar refractivity (Wildman–Crippen MR) is 75.7 cm³/mol. The zero-order chi connectivity index (χ0) is 14.8. The Morgan fingerprint density at radius 3 is 2.42 bits per heavy atom. The van der Waals surface area contributed by atoms with Crippen LogP contribution >= 0.6 is 27.5 Å². The van der Waals surface area contributed by atoms with Gasteiger partial charge in [0.25, 0.3) is 0 Å². The van der Waals surface area contributed by atoms with Crippen molar-refractivity contribution in [2.75, 3.05) is 0 Å². The SMILES string of the molecule is CC(C)[C@@H](NS(=O)(=O)c1ccc(Br)cc1Cl)C(=O)O. The third-order valence-corrected chi connectivity index (χ3v) is 4.82. The molecule has 106 valence electrons. The monoisotopic (exact) mass is 369 g/mol. The molecule has 0 aliphatic rings. The van der Waals surface area contributed by atoms with Crippen LogP contribution in [0.1, 0.15) is 13.8 Å². The number of aliphatic carboxylic acids is 1. The number of benzene rings is 1. The molecule has 1 rings (SSSR count). The summed E-state index contributed by atoms with van der Waals surface area (Å²) in [6.45, 7) is 3.23. The molecule has 0 aliphatic carbocycles. The van der Waals surface area contributed by atoms with Crippen LogP contribution in [0, 0.1) is 5.92 Å². The molecule has 5 nitrogen and oxygen atoms in total.